The van der Waals surface area contributed by atoms with E-state index in [1.54, 1.807) is 11.3 Å². The minimum absolute atomic E-state index is 0.0350. The van der Waals surface area contributed by atoms with Crippen LogP contribution >= 0.6 is 11.3 Å². The largest absolute Gasteiger partial charge is 0.416 e. The Labute approximate surface area is 195 Å². The number of halogens is 3. The van der Waals surface area contributed by atoms with E-state index < -0.39 is 23.2 Å². The zero-order valence-electron chi connectivity index (χ0n) is 18.2. The van der Waals surface area contributed by atoms with Crippen molar-refractivity contribution >= 4 is 17.2 Å². The zero-order chi connectivity index (χ0) is 23.6. The van der Waals surface area contributed by atoms with Crippen molar-refractivity contribution in [3.05, 3.63) is 70.1 Å². The molecule has 1 aromatic carbocycles. The molecule has 1 saturated carbocycles. The summed E-state index contributed by atoms with van der Waals surface area (Å²) in [5, 5.41) is 18.8. The Hall–Kier alpha value is -2.36. The molecule has 5 nitrogen and oxygen atoms in total. The summed E-state index contributed by atoms with van der Waals surface area (Å²) in [7, 11) is 0. The van der Waals surface area contributed by atoms with Gasteiger partial charge in [-0.3, -0.25) is 9.69 Å². The van der Waals surface area contributed by atoms with Crippen LogP contribution in [0.4, 0.5) is 13.2 Å². The number of hydrogen-bond donors (Lipinski definition) is 3. The summed E-state index contributed by atoms with van der Waals surface area (Å²) in [4.78, 5) is 15.7. The number of likely N-dealkylation sites (tertiary alicyclic amines) is 1. The van der Waals surface area contributed by atoms with Gasteiger partial charge in [0.2, 0.25) is 0 Å². The van der Waals surface area contributed by atoms with Crippen LogP contribution in [-0.2, 0) is 11.8 Å². The van der Waals surface area contributed by atoms with Crippen molar-refractivity contribution in [2.24, 2.45) is 0 Å². The minimum atomic E-state index is -4.49. The number of nitrogens with zero attached hydrogens (tertiary/aromatic N) is 1. The molecule has 1 aliphatic heterocycles. The van der Waals surface area contributed by atoms with Gasteiger partial charge >= 0.3 is 6.18 Å². The van der Waals surface area contributed by atoms with E-state index in [4.69, 9.17) is 0 Å². The standard InChI is InChI=1S/C24H28F3N3O2S/c1-16(13-28-22(31)17-4-2-5-18(12-17)24(25,26)27)29-19-14-30(15-19)20-7-9-23(32,10-8-20)21-6-3-11-33-21/h2-6,11-12,19-20,29,32H,1,7-10,13-15H2,(H,28,31)/t20-,23-. The van der Waals surface area contributed by atoms with Crippen LogP contribution in [0.25, 0.3) is 0 Å². The number of alkyl halides is 3. The zero-order valence-corrected chi connectivity index (χ0v) is 19.0. The maximum Gasteiger partial charge on any atom is 0.416 e. The molecule has 2 fully saturated rings. The van der Waals surface area contributed by atoms with Crippen molar-refractivity contribution < 1.29 is 23.1 Å². The highest BCUT2D eigenvalue weighted by Gasteiger charge is 2.40. The summed E-state index contributed by atoms with van der Waals surface area (Å²) in [5.74, 6) is -0.570. The molecule has 0 bridgehead atoms. The van der Waals surface area contributed by atoms with Gasteiger partial charge in [0.05, 0.1) is 23.8 Å². The summed E-state index contributed by atoms with van der Waals surface area (Å²) in [5.41, 5.74) is -0.958. The molecule has 178 valence electrons. The van der Waals surface area contributed by atoms with Crippen LogP contribution in [-0.4, -0.2) is 47.6 Å². The maximum atomic E-state index is 12.8. The second-order valence-corrected chi connectivity index (χ2v) is 9.85. The molecule has 1 aliphatic carbocycles. The lowest BCUT2D eigenvalue weighted by Gasteiger charge is -2.48. The van der Waals surface area contributed by atoms with E-state index in [2.05, 4.69) is 22.1 Å². The first-order valence-electron chi connectivity index (χ1n) is 11.0. The topological polar surface area (TPSA) is 64.6 Å². The molecule has 9 heteroatoms. The van der Waals surface area contributed by atoms with Gasteiger partial charge in [-0.05, 0) is 55.3 Å². The average molecular weight is 480 g/mol. The fourth-order valence-electron chi connectivity index (χ4n) is 4.60. The lowest BCUT2D eigenvalue weighted by atomic mass is 9.80. The van der Waals surface area contributed by atoms with Crippen molar-refractivity contribution in [1.82, 2.24) is 15.5 Å². The Bertz CT molecular complexity index is 979. The number of hydrogen-bond acceptors (Lipinski definition) is 5. The summed E-state index contributed by atoms with van der Waals surface area (Å²) >= 11 is 1.61. The fraction of sp³-hybridized carbons (Fsp3) is 0.458. The molecular formula is C24H28F3N3O2S. The van der Waals surface area contributed by atoms with E-state index >= 15 is 0 Å². The van der Waals surface area contributed by atoms with Gasteiger partial charge in [0, 0.05) is 35.3 Å². The van der Waals surface area contributed by atoms with Gasteiger partial charge in [0.25, 0.3) is 5.91 Å². The summed E-state index contributed by atoms with van der Waals surface area (Å²) in [6, 6.07) is 9.03. The molecule has 0 atom stereocenters. The average Bonchev–Trinajstić information content (AvgIpc) is 3.31. The van der Waals surface area contributed by atoms with E-state index in [0.29, 0.717) is 11.7 Å². The van der Waals surface area contributed by atoms with Gasteiger partial charge in [0.15, 0.2) is 0 Å². The van der Waals surface area contributed by atoms with Crippen molar-refractivity contribution in [3.8, 4) is 0 Å². The quantitative estimate of drug-likeness (QED) is 0.559. The second-order valence-electron chi connectivity index (χ2n) is 8.90. The molecule has 4 rings (SSSR count). The molecule has 0 radical (unpaired) electrons. The molecule has 1 aromatic heterocycles. The summed E-state index contributed by atoms with van der Waals surface area (Å²) < 4.78 is 38.5. The number of carbonyl (C=O) groups is 1. The number of rotatable bonds is 7. The highest BCUT2D eigenvalue weighted by atomic mass is 32.1. The van der Waals surface area contributed by atoms with Crippen molar-refractivity contribution in [2.45, 2.75) is 49.5 Å². The molecule has 33 heavy (non-hydrogen) atoms. The van der Waals surface area contributed by atoms with Crippen LogP contribution in [0.2, 0.25) is 0 Å². The van der Waals surface area contributed by atoms with E-state index in [1.165, 1.54) is 12.1 Å². The number of amides is 1. The highest BCUT2D eigenvalue weighted by Crippen LogP contribution is 2.41. The number of thiophene rings is 1. The third-order valence-electron chi connectivity index (χ3n) is 6.51. The van der Waals surface area contributed by atoms with Crippen molar-refractivity contribution in [3.63, 3.8) is 0 Å². The van der Waals surface area contributed by atoms with Gasteiger partial charge < -0.3 is 15.7 Å². The summed E-state index contributed by atoms with van der Waals surface area (Å²) in [6.07, 6.45) is -1.05. The molecule has 2 aromatic rings. The molecule has 2 aliphatic rings. The van der Waals surface area contributed by atoms with Gasteiger partial charge in [-0.15, -0.1) is 11.3 Å². The van der Waals surface area contributed by atoms with Gasteiger partial charge in [-0.1, -0.05) is 18.7 Å². The predicted octanol–water partition coefficient (Wildman–Crippen LogP) is 4.11. The number of benzene rings is 1. The monoisotopic (exact) mass is 479 g/mol. The van der Waals surface area contributed by atoms with E-state index in [1.807, 2.05) is 17.5 Å². The Morgan fingerprint density at radius 2 is 1.94 bits per heavy atom. The fourth-order valence-corrected chi connectivity index (χ4v) is 5.49. The first-order chi connectivity index (χ1) is 15.6. The highest BCUT2D eigenvalue weighted by molar-refractivity contribution is 7.10. The van der Waals surface area contributed by atoms with Gasteiger partial charge in [-0.2, -0.15) is 13.2 Å². The lowest BCUT2D eigenvalue weighted by Crippen LogP contribution is -2.62. The van der Waals surface area contributed by atoms with Gasteiger partial charge in [-0.25, -0.2) is 0 Å². The number of aliphatic hydroxyl groups is 1. The van der Waals surface area contributed by atoms with Crippen molar-refractivity contribution in [1.29, 1.82) is 0 Å². The Balaban J connectivity index is 1.17. The smallest absolute Gasteiger partial charge is 0.384 e. The van der Waals surface area contributed by atoms with Crippen LogP contribution in [0.3, 0.4) is 0 Å². The molecule has 0 spiro atoms. The van der Waals surface area contributed by atoms with Gasteiger partial charge in [0.1, 0.15) is 0 Å². The lowest BCUT2D eigenvalue weighted by molar-refractivity contribution is -0.137. The number of carbonyl (C=O) groups excluding carboxylic acids is 1. The Kier molecular flexibility index (Phi) is 6.83. The van der Waals surface area contributed by atoms with Crippen molar-refractivity contribution in [2.75, 3.05) is 19.6 Å². The molecule has 1 amide bonds. The molecule has 3 N–H and O–H groups in total. The molecule has 2 heterocycles. The SMILES string of the molecule is C=C(CNC(=O)c1cccc(C(F)(F)F)c1)NC1CN([C@H]2CC[C@@](O)(c3cccs3)CC2)C1. The first-order valence-corrected chi connectivity index (χ1v) is 11.9. The van der Waals surface area contributed by atoms with E-state index in [0.717, 1.165) is 55.8 Å². The Morgan fingerprint density at radius 3 is 2.58 bits per heavy atom. The van der Waals surface area contributed by atoms with E-state index in [-0.39, 0.29) is 18.2 Å². The third-order valence-corrected chi connectivity index (χ3v) is 7.57. The van der Waals surface area contributed by atoms with Crippen LogP contribution in [0, 0.1) is 0 Å². The predicted molar refractivity (Wildman–Crippen MR) is 122 cm³/mol. The first kappa shape index (κ1) is 23.8. The minimum Gasteiger partial charge on any atom is -0.384 e. The summed E-state index contributed by atoms with van der Waals surface area (Å²) in [6.45, 7) is 5.80. The normalized spacial score (nSPS) is 24.2. The maximum absolute atomic E-state index is 12.8. The van der Waals surface area contributed by atoms with Crippen LogP contribution in [0.5, 0.6) is 0 Å². The molecular weight excluding hydrogens is 451 g/mol. The third kappa shape index (κ3) is 5.59. The Morgan fingerprint density at radius 1 is 1.21 bits per heavy atom. The molecule has 0 unspecified atom stereocenters. The van der Waals surface area contributed by atoms with E-state index in [9.17, 15) is 23.1 Å². The van der Waals surface area contributed by atoms with Crippen LogP contribution in [0.1, 0.15) is 46.5 Å². The second kappa shape index (κ2) is 9.48. The van der Waals surface area contributed by atoms with Crippen LogP contribution in [0.15, 0.2) is 54.1 Å². The van der Waals surface area contributed by atoms with Crippen LogP contribution < -0.4 is 10.6 Å². The number of nitrogens with one attached hydrogen (secondary N) is 2. The molecule has 1 saturated heterocycles.